The first-order valence-corrected chi connectivity index (χ1v) is 7.82. The van der Waals surface area contributed by atoms with Gasteiger partial charge in [0.2, 0.25) is 0 Å². The summed E-state index contributed by atoms with van der Waals surface area (Å²) >= 11 is 3.39. The zero-order valence-electron chi connectivity index (χ0n) is 11.9. The van der Waals surface area contributed by atoms with Crippen molar-refractivity contribution in [3.05, 3.63) is 57.6 Å². The molecular formula is C17H17BrN2O. The van der Waals surface area contributed by atoms with Crippen LogP contribution in [0, 0.1) is 6.92 Å². The predicted molar refractivity (Wildman–Crippen MR) is 89.7 cm³/mol. The van der Waals surface area contributed by atoms with E-state index in [1.807, 2.05) is 4.90 Å². The number of carbonyl (C=O) groups excluding carboxylic acids is 1. The minimum absolute atomic E-state index is 0.0333. The van der Waals surface area contributed by atoms with Gasteiger partial charge in [0.05, 0.1) is 5.69 Å². The molecule has 2 N–H and O–H groups in total. The van der Waals surface area contributed by atoms with Crippen LogP contribution < -0.4 is 10.6 Å². The number of hydrogen-bond donors (Lipinski definition) is 1. The van der Waals surface area contributed by atoms with Crippen molar-refractivity contribution >= 4 is 33.2 Å². The molecule has 0 fully saturated rings. The molecule has 1 heterocycles. The van der Waals surface area contributed by atoms with Crippen LogP contribution in [-0.4, -0.2) is 12.5 Å². The molecule has 0 radical (unpaired) electrons. The van der Waals surface area contributed by atoms with Crippen LogP contribution in [0.2, 0.25) is 0 Å². The van der Waals surface area contributed by atoms with E-state index >= 15 is 0 Å². The Morgan fingerprint density at radius 2 is 2.10 bits per heavy atom. The molecular weight excluding hydrogens is 328 g/mol. The minimum Gasteiger partial charge on any atom is -0.398 e. The van der Waals surface area contributed by atoms with Crippen molar-refractivity contribution in [2.45, 2.75) is 19.8 Å². The molecule has 3 rings (SSSR count). The second-order valence-corrected chi connectivity index (χ2v) is 6.23. The van der Waals surface area contributed by atoms with Gasteiger partial charge in [-0.05, 0) is 65.0 Å². The summed E-state index contributed by atoms with van der Waals surface area (Å²) in [5.74, 6) is 0.0333. The van der Waals surface area contributed by atoms with E-state index in [-0.39, 0.29) is 5.91 Å². The van der Waals surface area contributed by atoms with E-state index in [1.165, 1.54) is 5.56 Å². The van der Waals surface area contributed by atoms with Gasteiger partial charge in [0.1, 0.15) is 0 Å². The standard InChI is InChI=1S/C17H17BrN2O/c1-11-4-2-5-12-6-3-9-20(16(11)12)17(21)13-7-8-15(19)14(18)10-13/h2,4-5,7-8,10H,3,6,9,19H2,1H3. The number of nitrogen functional groups attached to an aromatic ring is 1. The van der Waals surface area contributed by atoms with Crippen LogP contribution in [-0.2, 0) is 6.42 Å². The maximum Gasteiger partial charge on any atom is 0.258 e. The summed E-state index contributed by atoms with van der Waals surface area (Å²) < 4.78 is 0.760. The van der Waals surface area contributed by atoms with Crippen LogP contribution >= 0.6 is 15.9 Å². The lowest BCUT2D eigenvalue weighted by Gasteiger charge is -2.31. The Kier molecular flexibility index (Phi) is 3.72. The SMILES string of the molecule is Cc1cccc2c1N(C(=O)c1ccc(N)c(Br)c1)CCC2. The van der Waals surface area contributed by atoms with Gasteiger partial charge in [0.25, 0.3) is 5.91 Å². The van der Waals surface area contributed by atoms with Crippen LogP contribution in [0.3, 0.4) is 0 Å². The number of fused-ring (bicyclic) bond motifs is 1. The van der Waals surface area contributed by atoms with E-state index in [4.69, 9.17) is 5.73 Å². The van der Waals surface area contributed by atoms with E-state index in [0.29, 0.717) is 11.3 Å². The molecule has 1 aliphatic heterocycles. The second kappa shape index (κ2) is 5.53. The highest BCUT2D eigenvalue weighted by molar-refractivity contribution is 9.10. The Bertz CT molecular complexity index is 712. The normalized spacial score (nSPS) is 13.9. The average molecular weight is 345 g/mol. The molecule has 0 saturated heterocycles. The molecule has 2 aromatic rings. The molecule has 1 aliphatic rings. The van der Waals surface area contributed by atoms with E-state index in [1.54, 1.807) is 18.2 Å². The van der Waals surface area contributed by atoms with Crippen LogP contribution in [0.25, 0.3) is 0 Å². The Labute approximate surface area is 132 Å². The zero-order chi connectivity index (χ0) is 15.0. The summed E-state index contributed by atoms with van der Waals surface area (Å²) in [6.07, 6.45) is 2.03. The predicted octanol–water partition coefficient (Wildman–Crippen LogP) is 3.93. The summed E-state index contributed by atoms with van der Waals surface area (Å²) in [4.78, 5) is 14.7. The average Bonchev–Trinajstić information content (AvgIpc) is 2.49. The lowest BCUT2D eigenvalue weighted by molar-refractivity contribution is 0.0985. The Balaban J connectivity index is 2.02. The van der Waals surface area contributed by atoms with Gasteiger partial charge in [-0.15, -0.1) is 0 Å². The van der Waals surface area contributed by atoms with Gasteiger partial charge in [0.15, 0.2) is 0 Å². The third-order valence-corrected chi connectivity index (χ3v) is 4.60. The van der Waals surface area contributed by atoms with Crippen molar-refractivity contribution in [1.82, 2.24) is 0 Å². The van der Waals surface area contributed by atoms with Gasteiger partial charge in [-0.1, -0.05) is 18.2 Å². The first-order valence-electron chi connectivity index (χ1n) is 7.03. The summed E-state index contributed by atoms with van der Waals surface area (Å²) in [7, 11) is 0. The van der Waals surface area contributed by atoms with Gasteiger partial charge >= 0.3 is 0 Å². The van der Waals surface area contributed by atoms with E-state index in [9.17, 15) is 4.79 Å². The highest BCUT2D eigenvalue weighted by Gasteiger charge is 2.25. The Hall–Kier alpha value is -1.81. The van der Waals surface area contributed by atoms with E-state index < -0.39 is 0 Å². The lowest BCUT2D eigenvalue weighted by atomic mass is 9.97. The maximum absolute atomic E-state index is 12.8. The molecule has 3 nitrogen and oxygen atoms in total. The molecule has 0 atom stereocenters. The molecule has 21 heavy (non-hydrogen) atoms. The monoisotopic (exact) mass is 344 g/mol. The molecule has 0 bridgehead atoms. The van der Waals surface area contributed by atoms with E-state index in [2.05, 4.69) is 41.1 Å². The fourth-order valence-electron chi connectivity index (χ4n) is 2.87. The van der Waals surface area contributed by atoms with Crippen molar-refractivity contribution in [3.63, 3.8) is 0 Å². The van der Waals surface area contributed by atoms with Gasteiger partial charge in [-0.2, -0.15) is 0 Å². The number of rotatable bonds is 1. The summed E-state index contributed by atoms with van der Waals surface area (Å²) in [6.45, 7) is 2.82. The molecule has 1 amide bonds. The van der Waals surface area contributed by atoms with Crippen LogP contribution in [0.5, 0.6) is 0 Å². The number of carbonyl (C=O) groups is 1. The van der Waals surface area contributed by atoms with Crippen molar-refractivity contribution in [2.75, 3.05) is 17.2 Å². The van der Waals surface area contributed by atoms with Crippen LogP contribution in [0.4, 0.5) is 11.4 Å². The molecule has 4 heteroatoms. The smallest absolute Gasteiger partial charge is 0.258 e. The molecule has 0 saturated carbocycles. The molecule has 0 aliphatic carbocycles. The van der Waals surface area contributed by atoms with Gasteiger partial charge in [-0.25, -0.2) is 0 Å². The fraction of sp³-hybridized carbons (Fsp3) is 0.235. The van der Waals surface area contributed by atoms with Gasteiger partial charge in [-0.3, -0.25) is 4.79 Å². The number of hydrogen-bond acceptors (Lipinski definition) is 2. The Morgan fingerprint density at radius 1 is 1.29 bits per heavy atom. The first-order chi connectivity index (χ1) is 10.1. The number of benzene rings is 2. The number of anilines is 2. The fourth-order valence-corrected chi connectivity index (χ4v) is 3.24. The third-order valence-electron chi connectivity index (χ3n) is 3.91. The largest absolute Gasteiger partial charge is 0.398 e. The summed E-state index contributed by atoms with van der Waals surface area (Å²) in [5, 5.41) is 0. The Morgan fingerprint density at radius 3 is 2.86 bits per heavy atom. The van der Waals surface area contributed by atoms with Crippen molar-refractivity contribution in [1.29, 1.82) is 0 Å². The highest BCUT2D eigenvalue weighted by Crippen LogP contribution is 2.32. The number of amides is 1. The summed E-state index contributed by atoms with van der Waals surface area (Å²) in [5.41, 5.74) is 10.6. The third kappa shape index (κ3) is 2.56. The number of nitrogens with zero attached hydrogens (tertiary/aromatic N) is 1. The lowest BCUT2D eigenvalue weighted by Crippen LogP contribution is -2.36. The first kappa shape index (κ1) is 14.1. The molecule has 108 valence electrons. The van der Waals surface area contributed by atoms with Crippen molar-refractivity contribution in [2.24, 2.45) is 0 Å². The van der Waals surface area contributed by atoms with Crippen LogP contribution in [0.1, 0.15) is 27.9 Å². The number of halogens is 1. The van der Waals surface area contributed by atoms with Crippen molar-refractivity contribution in [3.8, 4) is 0 Å². The zero-order valence-corrected chi connectivity index (χ0v) is 13.5. The second-order valence-electron chi connectivity index (χ2n) is 5.38. The molecule has 0 spiro atoms. The quantitative estimate of drug-likeness (QED) is 0.796. The van der Waals surface area contributed by atoms with Crippen LogP contribution in [0.15, 0.2) is 40.9 Å². The minimum atomic E-state index is 0.0333. The van der Waals surface area contributed by atoms with Gasteiger partial charge < -0.3 is 10.6 Å². The van der Waals surface area contributed by atoms with E-state index in [0.717, 1.165) is 35.1 Å². The number of nitrogens with two attached hydrogens (primary N) is 1. The molecule has 2 aromatic carbocycles. The van der Waals surface area contributed by atoms with Crippen molar-refractivity contribution < 1.29 is 4.79 Å². The summed E-state index contributed by atoms with van der Waals surface area (Å²) in [6, 6.07) is 11.6. The maximum atomic E-state index is 12.8. The number of aryl methyl sites for hydroxylation is 2. The van der Waals surface area contributed by atoms with Gasteiger partial charge in [0, 0.05) is 22.3 Å². The highest BCUT2D eigenvalue weighted by atomic mass is 79.9. The molecule has 0 unspecified atom stereocenters. The molecule has 0 aromatic heterocycles. The topological polar surface area (TPSA) is 46.3 Å². The number of para-hydroxylation sites is 1.